The van der Waals surface area contributed by atoms with Crippen LogP contribution in [0.1, 0.15) is 22.3 Å². The van der Waals surface area contributed by atoms with E-state index in [4.69, 9.17) is 5.26 Å². The first-order chi connectivity index (χ1) is 9.29. The van der Waals surface area contributed by atoms with E-state index in [9.17, 15) is 0 Å². The fraction of sp³-hybridized carbons (Fsp3) is 0.0556. The number of nitrogens with zero attached hydrogens (tertiary/aromatic N) is 1. The van der Waals surface area contributed by atoms with Crippen molar-refractivity contribution in [1.29, 1.82) is 5.26 Å². The highest BCUT2D eigenvalue weighted by atomic mass is 14.2. The number of rotatable bonds is 3. The minimum Gasteiger partial charge on any atom is -0.193 e. The zero-order valence-electron chi connectivity index (χ0n) is 10.9. The van der Waals surface area contributed by atoms with E-state index in [0.29, 0.717) is 0 Å². The Kier molecular flexibility index (Phi) is 4.31. The van der Waals surface area contributed by atoms with Crippen LogP contribution in [0.4, 0.5) is 0 Å². The first-order valence-electron chi connectivity index (χ1n) is 6.19. The van der Waals surface area contributed by atoms with Crippen molar-refractivity contribution in [3.63, 3.8) is 0 Å². The van der Waals surface area contributed by atoms with Crippen LogP contribution in [0.15, 0.2) is 54.6 Å². The van der Waals surface area contributed by atoms with E-state index in [2.05, 4.69) is 42.5 Å². The quantitative estimate of drug-likeness (QED) is 0.568. The molecule has 1 nitrogen and oxygen atoms in total. The van der Waals surface area contributed by atoms with Crippen molar-refractivity contribution < 1.29 is 0 Å². The van der Waals surface area contributed by atoms with Gasteiger partial charge in [0.25, 0.3) is 0 Å². The van der Waals surface area contributed by atoms with Gasteiger partial charge in [0.05, 0.1) is 6.07 Å². The van der Waals surface area contributed by atoms with Crippen LogP contribution in [-0.4, -0.2) is 0 Å². The molecule has 2 aromatic carbocycles. The van der Waals surface area contributed by atoms with E-state index in [1.807, 2.05) is 37.3 Å². The van der Waals surface area contributed by atoms with Gasteiger partial charge in [-0.2, -0.15) is 5.26 Å². The lowest BCUT2D eigenvalue weighted by Crippen LogP contribution is -1.82. The Bertz CT molecular complexity index is 643. The van der Waals surface area contributed by atoms with E-state index in [1.54, 1.807) is 0 Å². The van der Waals surface area contributed by atoms with Gasteiger partial charge in [0.15, 0.2) is 0 Å². The normalized spacial score (nSPS) is 10.9. The lowest BCUT2D eigenvalue weighted by atomic mass is 10.0. The smallest absolute Gasteiger partial charge is 0.0912 e. The maximum Gasteiger partial charge on any atom is 0.0912 e. The molecule has 0 fully saturated rings. The van der Waals surface area contributed by atoms with Crippen LogP contribution in [0.2, 0.25) is 0 Å². The minimum atomic E-state index is 1.08. The number of benzene rings is 2. The summed E-state index contributed by atoms with van der Waals surface area (Å²) in [5.41, 5.74) is 4.56. The Hall–Kier alpha value is -2.59. The van der Waals surface area contributed by atoms with E-state index in [-0.39, 0.29) is 0 Å². The molecule has 1 heteroatoms. The van der Waals surface area contributed by atoms with Crippen LogP contribution in [0, 0.1) is 18.3 Å². The molecule has 92 valence electrons. The largest absolute Gasteiger partial charge is 0.193 e. The van der Waals surface area contributed by atoms with E-state index in [0.717, 1.165) is 11.1 Å². The molecule has 0 N–H and O–H groups in total. The van der Waals surface area contributed by atoms with Gasteiger partial charge in [-0.25, -0.2) is 0 Å². The van der Waals surface area contributed by atoms with Gasteiger partial charge in [0.1, 0.15) is 0 Å². The second kappa shape index (κ2) is 6.37. The van der Waals surface area contributed by atoms with Crippen LogP contribution < -0.4 is 0 Å². The molecule has 0 heterocycles. The summed E-state index contributed by atoms with van der Waals surface area (Å²) in [5.74, 6) is 0. The highest BCUT2D eigenvalue weighted by molar-refractivity contribution is 5.71. The molecule has 0 aromatic heterocycles. The fourth-order valence-electron chi connectivity index (χ4n) is 1.83. The first-order valence-corrected chi connectivity index (χ1v) is 6.19. The van der Waals surface area contributed by atoms with Crippen molar-refractivity contribution in [2.24, 2.45) is 0 Å². The summed E-state index contributed by atoms with van der Waals surface area (Å²) in [4.78, 5) is 0. The van der Waals surface area contributed by atoms with Gasteiger partial charge in [-0.15, -0.1) is 0 Å². The second-order valence-electron chi connectivity index (χ2n) is 4.32. The Labute approximate surface area is 114 Å². The Morgan fingerprint density at radius 3 is 2.37 bits per heavy atom. The van der Waals surface area contributed by atoms with E-state index < -0.39 is 0 Å². The first kappa shape index (κ1) is 12.9. The number of aryl methyl sites for hydroxylation is 1. The van der Waals surface area contributed by atoms with Crippen molar-refractivity contribution in [1.82, 2.24) is 0 Å². The average molecular weight is 245 g/mol. The standard InChI is InChI=1S/C18H15N/c1-15-9-10-17(14-18(15)8-5-13-19)12-11-16-6-3-2-4-7-16/h2-12,14H,1H3/b8-5+,12-11+. The third kappa shape index (κ3) is 3.69. The Morgan fingerprint density at radius 2 is 1.63 bits per heavy atom. The molecule has 0 bridgehead atoms. The van der Waals surface area contributed by atoms with Crippen molar-refractivity contribution in [3.05, 3.63) is 76.9 Å². The van der Waals surface area contributed by atoms with Crippen molar-refractivity contribution >= 4 is 18.2 Å². The molecule has 0 aliphatic carbocycles. The summed E-state index contributed by atoms with van der Waals surface area (Å²) < 4.78 is 0. The average Bonchev–Trinajstić information content (AvgIpc) is 2.46. The highest BCUT2D eigenvalue weighted by Gasteiger charge is 1.95. The van der Waals surface area contributed by atoms with Crippen molar-refractivity contribution in [2.45, 2.75) is 6.92 Å². The molecule has 0 saturated carbocycles. The predicted molar refractivity (Wildman–Crippen MR) is 81.2 cm³/mol. The molecular weight excluding hydrogens is 230 g/mol. The van der Waals surface area contributed by atoms with Crippen LogP contribution in [-0.2, 0) is 0 Å². The molecule has 0 radical (unpaired) electrons. The molecule has 0 aliphatic heterocycles. The number of hydrogen-bond acceptors (Lipinski definition) is 1. The SMILES string of the molecule is Cc1ccc(/C=C/c2ccccc2)cc1/C=C/C#N. The van der Waals surface area contributed by atoms with Gasteiger partial charge in [0.2, 0.25) is 0 Å². The molecule has 0 spiro atoms. The monoisotopic (exact) mass is 245 g/mol. The molecular formula is C18H15N. The molecule has 19 heavy (non-hydrogen) atoms. The molecule has 2 rings (SSSR count). The van der Waals surface area contributed by atoms with Crippen molar-refractivity contribution in [3.8, 4) is 6.07 Å². The maximum atomic E-state index is 8.59. The fourth-order valence-corrected chi connectivity index (χ4v) is 1.83. The number of allylic oxidation sites excluding steroid dienone is 1. The third-order valence-corrected chi connectivity index (χ3v) is 2.91. The highest BCUT2D eigenvalue weighted by Crippen LogP contribution is 2.15. The lowest BCUT2D eigenvalue weighted by molar-refractivity contribution is 1.43. The van der Waals surface area contributed by atoms with Gasteiger partial charge in [-0.05, 0) is 41.3 Å². The molecule has 2 aromatic rings. The summed E-state index contributed by atoms with van der Waals surface area (Å²) in [6, 6.07) is 18.5. The number of nitriles is 1. The van der Waals surface area contributed by atoms with Crippen molar-refractivity contribution in [2.75, 3.05) is 0 Å². The maximum absolute atomic E-state index is 8.59. The molecule has 0 atom stereocenters. The summed E-state index contributed by atoms with van der Waals surface area (Å²) in [6.07, 6.45) is 7.52. The zero-order valence-corrected chi connectivity index (χ0v) is 10.9. The topological polar surface area (TPSA) is 23.8 Å². The second-order valence-corrected chi connectivity index (χ2v) is 4.32. The van der Waals surface area contributed by atoms with Gasteiger partial charge in [-0.3, -0.25) is 0 Å². The molecule has 0 unspecified atom stereocenters. The molecule has 0 saturated heterocycles. The van der Waals surface area contributed by atoms with Gasteiger partial charge < -0.3 is 0 Å². The van der Waals surface area contributed by atoms with E-state index >= 15 is 0 Å². The summed E-state index contributed by atoms with van der Waals surface area (Å²) >= 11 is 0. The van der Waals surface area contributed by atoms with Crippen LogP contribution in [0.25, 0.3) is 18.2 Å². The van der Waals surface area contributed by atoms with Gasteiger partial charge in [0, 0.05) is 6.08 Å². The predicted octanol–water partition coefficient (Wildman–Crippen LogP) is 4.70. The van der Waals surface area contributed by atoms with Gasteiger partial charge in [-0.1, -0.05) is 54.6 Å². The zero-order chi connectivity index (χ0) is 13.5. The lowest BCUT2D eigenvalue weighted by Gasteiger charge is -2.02. The van der Waals surface area contributed by atoms with Crippen LogP contribution in [0.5, 0.6) is 0 Å². The minimum absolute atomic E-state index is 1.08. The van der Waals surface area contributed by atoms with E-state index in [1.165, 1.54) is 17.2 Å². The van der Waals surface area contributed by atoms with Crippen LogP contribution >= 0.6 is 0 Å². The molecule has 0 aliphatic rings. The third-order valence-electron chi connectivity index (χ3n) is 2.91. The number of hydrogen-bond donors (Lipinski definition) is 0. The van der Waals surface area contributed by atoms with Crippen LogP contribution in [0.3, 0.4) is 0 Å². The Morgan fingerprint density at radius 1 is 0.895 bits per heavy atom. The summed E-state index contributed by atoms with van der Waals surface area (Å²) in [5, 5.41) is 8.59. The molecule has 0 amide bonds. The van der Waals surface area contributed by atoms with Gasteiger partial charge >= 0.3 is 0 Å². The Balaban J connectivity index is 2.25. The summed E-state index contributed by atoms with van der Waals surface area (Å²) in [7, 11) is 0. The summed E-state index contributed by atoms with van der Waals surface area (Å²) in [6.45, 7) is 2.04.